The van der Waals surface area contributed by atoms with Gasteiger partial charge in [-0.2, -0.15) is 0 Å². The van der Waals surface area contributed by atoms with Gasteiger partial charge >= 0.3 is 6.03 Å². The van der Waals surface area contributed by atoms with Crippen LogP contribution in [-0.2, 0) is 0 Å². The van der Waals surface area contributed by atoms with Crippen molar-refractivity contribution in [2.45, 2.75) is 13.8 Å². The second-order valence-electron chi connectivity index (χ2n) is 3.87. The molecule has 1 aromatic heterocycles. The number of hydrogen-bond acceptors (Lipinski definition) is 3. The summed E-state index contributed by atoms with van der Waals surface area (Å²) in [4.78, 5) is 11.6. The molecule has 1 heterocycles. The molecule has 2 amide bonds. The van der Waals surface area contributed by atoms with Gasteiger partial charge < -0.3 is 9.84 Å². The SMILES string of the molecule is Cc1cc(NC(=O)Nc2ccc(C)c(F)c2)no1. The molecule has 0 atom stereocenters. The van der Waals surface area contributed by atoms with E-state index in [-0.39, 0.29) is 5.82 Å². The number of rotatable bonds is 2. The fourth-order valence-corrected chi connectivity index (χ4v) is 1.37. The van der Waals surface area contributed by atoms with E-state index in [1.54, 1.807) is 32.0 Å². The summed E-state index contributed by atoms with van der Waals surface area (Å²) in [6.45, 7) is 3.36. The van der Waals surface area contributed by atoms with Crippen LogP contribution >= 0.6 is 0 Å². The minimum Gasteiger partial charge on any atom is -0.360 e. The van der Waals surface area contributed by atoms with E-state index >= 15 is 0 Å². The van der Waals surface area contributed by atoms with Crippen LogP contribution in [-0.4, -0.2) is 11.2 Å². The normalized spacial score (nSPS) is 10.2. The second kappa shape index (κ2) is 4.87. The average Bonchev–Trinajstić information content (AvgIpc) is 2.69. The van der Waals surface area contributed by atoms with Crippen LogP contribution in [0.15, 0.2) is 28.8 Å². The zero-order chi connectivity index (χ0) is 13.1. The van der Waals surface area contributed by atoms with Crippen LogP contribution in [0.25, 0.3) is 0 Å². The fraction of sp³-hybridized carbons (Fsp3) is 0.167. The van der Waals surface area contributed by atoms with Gasteiger partial charge in [0, 0.05) is 11.8 Å². The Morgan fingerprint density at radius 1 is 1.28 bits per heavy atom. The molecule has 0 bridgehead atoms. The Balaban J connectivity index is 2.00. The first-order chi connectivity index (χ1) is 8.54. The summed E-state index contributed by atoms with van der Waals surface area (Å²) in [6, 6.07) is 5.53. The van der Waals surface area contributed by atoms with Crippen molar-refractivity contribution in [2.24, 2.45) is 0 Å². The molecular formula is C12H12FN3O2. The van der Waals surface area contributed by atoms with Gasteiger partial charge in [0.1, 0.15) is 11.6 Å². The Morgan fingerprint density at radius 2 is 2.06 bits per heavy atom. The number of nitrogens with one attached hydrogen (secondary N) is 2. The molecule has 18 heavy (non-hydrogen) atoms. The van der Waals surface area contributed by atoms with Gasteiger partial charge in [0.25, 0.3) is 0 Å². The van der Waals surface area contributed by atoms with E-state index < -0.39 is 6.03 Å². The van der Waals surface area contributed by atoms with Crippen molar-refractivity contribution in [3.63, 3.8) is 0 Å². The standard InChI is InChI=1S/C12H12FN3O2/c1-7-3-4-9(6-10(7)13)14-12(17)15-11-5-8(2)18-16-11/h3-6H,1-2H3,(H2,14,15,16,17). The molecule has 5 nitrogen and oxygen atoms in total. The first-order valence-electron chi connectivity index (χ1n) is 5.32. The maximum Gasteiger partial charge on any atom is 0.324 e. The molecule has 0 unspecified atom stereocenters. The zero-order valence-electron chi connectivity index (χ0n) is 9.95. The smallest absolute Gasteiger partial charge is 0.324 e. The largest absolute Gasteiger partial charge is 0.360 e. The molecular weight excluding hydrogens is 237 g/mol. The van der Waals surface area contributed by atoms with E-state index in [1.807, 2.05) is 0 Å². The molecule has 0 spiro atoms. The monoisotopic (exact) mass is 249 g/mol. The molecule has 0 aliphatic heterocycles. The van der Waals surface area contributed by atoms with Crippen molar-refractivity contribution in [3.05, 3.63) is 41.4 Å². The lowest BCUT2D eigenvalue weighted by molar-refractivity contribution is 0.262. The maximum absolute atomic E-state index is 13.3. The highest BCUT2D eigenvalue weighted by atomic mass is 19.1. The Hall–Kier alpha value is -2.37. The third-order valence-electron chi connectivity index (χ3n) is 2.30. The Morgan fingerprint density at radius 3 is 2.67 bits per heavy atom. The topological polar surface area (TPSA) is 67.2 Å². The van der Waals surface area contributed by atoms with Gasteiger partial charge in [-0.1, -0.05) is 11.2 Å². The van der Waals surface area contributed by atoms with Crippen molar-refractivity contribution in [1.29, 1.82) is 0 Å². The number of anilines is 2. The molecule has 0 fully saturated rings. The molecule has 2 aromatic rings. The molecule has 0 saturated carbocycles. The van der Waals surface area contributed by atoms with Gasteiger partial charge in [0.05, 0.1) is 0 Å². The van der Waals surface area contributed by atoms with Crippen LogP contribution in [0.3, 0.4) is 0 Å². The van der Waals surface area contributed by atoms with E-state index in [1.165, 1.54) is 6.07 Å². The first kappa shape index (κ1) is 12.1. The molecule has 0 radical (unpaired) electrons. The second-order valence-corrected chi connectivity index (χ2v) is 3.87. The molecule has 0 saturated heterocycles. The number of aryl methyl sites for hydroxylation is 2. The summed E-state index contributed by atoms with van der Waals surface area (Å²) in [5, 5.41) is 8.57. The van der Waals surface area contributed by atoms with Crippen molar-refractivity contribution in [1.82, 2.24) is 5.16 Å². The number of hydrogen-bond donors (Lipinski definition) is 2. The van der Waals surface area contributed by atoms with Gasteiger partial charge in [-0.15, -0.1) is 0 Å². The van der Waals surface area contributed by atoms with Gasteiger partial charge in [-0.25, -0.2) is 9.18 Å². The van der Waals surface area contributed by atoms with E-state index in [0.29, 0.717) is 22.8 Å². The number of carbonyl (C=O) groups is 1. The Kier molecular flexibility index (Phi) is 3.27. The van der Waals surface area contributed by atoms with Crippen LogP contribution in [0, 0.1) is 19.7 Å². The first-order valence-corrected chi connectivity index (χ1v) is 5.32. The van der Waals surface area contributed by atoms with Crippen LogP contribution in [0.5, 0.6) is 0 Å². The molecule has 2 N–H and O–H groups in total. The third-order valence-corrected chi connectivity index (χ3v) is 2.30. The molecule has 0 aliphatic rings. The molecule has 6 heteroatoms. The van der Waals surface area contributed by atoms with Gasteiger partial charge in [-0.05, 0) is 31.5 Å². The van der Waals surface area contributed by atoms with Crippen LogP contribution in [0.2, 0.25) is 0 Å². The van der Waals surface area contributed by atoms with Crippen molar-refractivity contribution in [2.75, 3.05) is 10.6 Å². The number of nitrogens with zero attached hydrogens (tertiary/aromatic N) is 1. The zero-order valence-corrected chi connectivity index (χ0v) is 9.95. The summed E-state index contributed by atoms with van der Waals surface area (Å²) in [6.07, 6.45) is 0. The summed E-state index contributed by atoms with van der Waals surface area (Å²) >= 11 is 0. The average molecular weight is 249 g/mol. The maximum atomic E-state index is 13.3. The Labute approximate surface area is 103 Å². The predicted octanol–water partition coefficient (Wildman–Crippen LogP) is 3.07. The number of urea groups is 1. The van der Waals surface area contributed by atoms with Crippen molar-refractivity contribution >= 4 is 17.5 Å². The number of amides is 2. The van der Waals surface area contributed by atoms with E-state index in [4.69, 9.17) is 4.52 Å². The Bertz CT molecular complexity index is 580. The van der Waals surface area contributed by atoms with Gasteiger partial charge in [-0.3, -0.25) is 5.32 Å². The quantitative estimate of drug-likeness (QED) is 0.859. The molecule has 1 aromatic carbocycles. The highest BCUT2D eigenvalue weighted by molar-refractivity contribution is 5.99. The summed E-state index contributed by atoms with van der Waals surface area (Å²) in [5.74, 6) is 0.523. The molecule has 0 aliphatic carbocycles. The highest BCUT2D eigenvalue weighted by Crippen LogP contribution is 2.14. The van der Waals surface area contributed by atoms with Crippen LogP contribution in [0.4, 0.5) is 20.7 Å². The van der Waals surface area contributed by atoms with Crippen molar-refractivity contribution < 1.29 is 13.7 Å². The highest BCUT2D eigenvalue weighted by Gasteiger charge is 2.07. The van der Waals surface area contributed by atoms with E-state index in [9.17, 15) is 9.18 Å². The fourth-order valence-electron chi connectivity index (χ4n) is 1.37. The van der Waals surface area contributed by atoms with Crippen molar-refractivity contribution in [3.8, 4) is 0 Å². The minimum atomic E-state index is -0.508. The predicted molar refractivity (Wildman–Crippen MR) is 65.0 cm³/mol. The number of halogens is 1. The van der Waals surface area contributed by atoms with Gasteiger partial charge in [0.15, 0.2) is 5.82 Å². The lowest BCUT2D eigenvalue weighted by Gasteiger charge is -2.06. The van der Waals surface area contributed by atoms with E-state index in [0.717, 1.165) is 0 Å². The summed E-state index contributed by atoms with van der Waals surface area (Å²) < 4.78 is 18.1. The molecule has 94 valence electrons. The molecule has 2 rings (SSSR count). The number of benzene rings is 1. The minimum absolute atomic E-state index is 0.303. The summed E-state index contributed by atoms with van der Waals surface area (Å²) in [5.41, 5.74) is 0.893. The van der Waals surface area contributed by atoms with Crippen LogP contribution in [0.1, 0.15) is 11.3 Å². The third kappa shape index (κ3) is 2.85. The van der Waals surface area contributed by atoms with Gasteiger partial charge in [0.2, 0.25) is 0 Å². The number of aromatic nitrogens is 1. The van der Waals surface area contributed by atoms with Crippen LogP contribution < -0.4 is 10.6 Å². The lowest BCUT2D eigenvalue weighted by atomic mass is 10.2. The lowest BCUT2D eigenvalue weighted by Crippen LogP contribution is -2.19. The number of carbonyl (C=O) groups excluding carboxylic acids is 1. The van der Waals surface area contributed by atoms with E-state index in [2.05, 4.69) is 15.8 Å². The summed E-state index contributed by atoms with van der Waals surface area (Å²) in [7, 11) is 0.